The van der Waals surface area contributed by atoms with Gasteiger partial charge in [0.15, 0.2) is 0 Å². The van der Waals surface area contributed by atoms with E-state index in [0.717, 1.165) is 22.8 Å². The van der Waals surface area contributed by atoms with Gasteiger partial charge in [0.05, 0.1) is 25.3 Å². The van der Waals surface area contributed by atoms with E-state index >= 15 is 0 Å². The van der Waals surface area contributed by atoms with Crippen molar-refractivity contribution in [3.63, 3.8) is 0 Å². The number of aryl methyl sites for hydroxylation is 3. The second kappa shape index (κ2) is 5.92. The van der Waals surface area contributed by atoms with Gasteiger partial charge in [0.25, 0.3) is 0 Å². The number of rotatable bonds is 3. The zero-order chi connectivity index (χ0) is 15.7. The summed E-state index contributed by atoms with van der Waals surface area (Å²) in [7, 11) is 0. The van der Waals surface area contributed by atoms with Crippen LogP contribution >= 0.6 is 0 Å². The van der Waals surface area contributed by atoms with E-state index in [-0.39, 0.29) is 18.4 Å². The van der Waals surface area contributed by atoms with Crippen LogP contribution < -0.4 is 0 Å². The van der Waals surface area contributed by atoms with Crippen molar-refractivity contribution < 1.29 is 14.1 Å². The smallest absolute Gasteiger partial charge is 0.227 e. The first-order valence-corrected chi connectivity index (χ1v) is 7.36. The van der Waals surface area contributed by atoms with Crippen LogP contribution in [0.1, 0.15) is 34.6 Å². The van der Waals surface area contributed by atoms with Crippen molar-refractivity contribution in [1.29, 1.82) is 0 Å². The second-order valence-electron chi connectivity index (χ2n) is 5.61. The van der Waals surface area contributed by atoms with Gasteiger partial charge in [-0.05, 0) is 20.8 Å². The zero-order valence-corrected chi connectivity index (χ0v) is 13.0. The summed E-state index contributed by atoms with van der Waals surface area (Å²) in [5.41, 5.74) is 2.61. The van der Waals surface area contributed by atoms with E-state index in [4.69, 9.17) is 9.26 Å². The molecule has 0 saturated carbocycles. The van der Waals surface area contributed by atoms with Gasteiger partial charge in [0.2, 0.25) is 5.91 Å². The normalized spacial score (nSPS) is 18.7. The van der Waals surface area contributed by atoms with Crippen molar-refractivity contribution in [2.75, 3.05) is 19.8 Å². The average Bonchev–Trinajstić information content (AvgIpc) is 3.08. The molecule has 3 heterocycles. The maximum atomic E-state index is 12.7. The van der Waals surface area contributed by atoms with E-state index < -0.39 is 0 Å². The number of imidazole rings is 1. The number of carbonyl (C=O) groups is 1. The molecule has 7 heteroatoms. The SMILES string of the molecule is Cc1cnc(C2COCCN2C(=O)Cc2c(C)noc2C)[nH]1. The fourth-order valence-electron chi connectivity index (χ4n) is 2.74. The number of nitrogens with one attached hydrogen (secondary N) is 1. The summed E-state index contributed by atoms with van der Waals surface area (Å²) in [6, 6.07) is -0.171. The lowest BCUT2D eigenvalue weighted by molar-refractivity contribution is -0.139. The highest BCUT2D eigenvalue weighted by atomic mass is 16.5. The van der Waals surface area contributed by atoms with Gasteiger partial charge in [-0.3, -0.25) is 4.79 Å². The Kier molecular flexibility index (Phi) is 3.98. The third-order valence-electron chi connectivity index (χ3n) is 4.00. The lowest BCUT2D eigenvalue weighted by Crippen LogP contribution is -2.44. The van der Waals surface area contributed by atoms with Crippen LogP contribution in [0.2, 0.25) is 0 Å². The summed E-state index contributed by atoms with van der Waals surface area (Å²) in [5.74, 6) is 1.51. The largest absolute Gasteiger partial charge is 0.377 e. The number of carbonyl (C=O) groups excluding carboxylic acids is 1. The highest BCUT2D eigenvalue weighted by Gasteiger charge is 2.31. The van der Waals surface area contributed by atoms with Gasteiger partial charge in [-0.15, -0.1) is 0 Å². The summed E-state index contributed by atoms with van der Waals surface area (Å²) in [6.07, 6.45) is 2.05. The van der Waals surface area contributed by atoms with Crippen molar-refractivity contribution >= 4 is 5.91 Å². The number of aromatic amines is 1. The van der Waals surface area contributed by atoms with Gasteiger partial charge in [-0.1, -0.05) is 5.16 Å². The Hall–Kier alpha value is -2.15. The first kappa shape index (κ1) is 14.8. The topological polar surface area (TPSA) is 84.2 Å². The Morgan fingerprint density at radius 3 is 2.91 bits per heavy atom. The third-order valence-corrected chi connectivity index (χ3v) is 4.00. The lowest BCUT2D eigenvalue weighted by atomic mass is 10.1. The standard InChI is InChI=1S/C15H20N4O3/c1-9-7-16-15(17-9)13-8-21-5-4-19(13)14(20)6-12-10(2)18-22-11(12)3/h7,13H,4-6,8H2,1-3H3,(H,16,17). The molecular weight excluding hydrogens is 284 g/mol. The molecule has 1 unspecified atom stereocenters. The zero-order valence-electron chi connectivity index (χ0n) is 13.0. The molecule has 1 amide bonds. The molecule has 0 spiro atoms. The van der Waals surface area contributed by atoms with Crippen molar-refractivity contribution in [3.8, 4) is 0 Å². The van der Waals surface area contributed by atoms with Crippen LogP contribution in [0.5, 0.6) is 0 Å². The predicted molar refractivity (Wildman–Crippen MR) is 78.3 cm³/mol. The third kappa shape index (κ3) is 2.76. The van der Waals surface area contributed by atoms with Gasteiger partial charge in [0, 0.05) is 24.0 Å². The molecule has 0 aromatic carbocycles. The summed E-state index contributed by atoms with van der Waals surface area (Å²) in [6.45, 7) is 7.19. The molecule has 0 radical (unpaired) electrons. The average molecular weight is 304 g/mol. The minimum atomic E-state index is -0.171. The molecule has 7 nitrogen and oxygen atoms in total. The van der Waals surface area contributed by atoms with Gasteiger partial charge in [-0.25, -0.2) is 4.98 Å². The quantitative estimate of drug-likeness (QED) is 0.928. The molecule has 0 bridgehead atoms. The lowest BCUT2D eigenvalue weighted by Gasteiger charge is -2.34. The second-order valence-corrected chi connectivity index (χ2v) is 5.61. The van der Waals surface area contributed by atoms with Crippen LogP contribution in [0.15, 0.2) is 10.7 Å². The van der Waals surface area contributed by atoms with E-state index in [1.807, 2.05) is 25.7 Å². The Balaban J connectivity index is 1.80. The summed E-state index contributed by atoms with van der Waals surface area (Å²) < 4.78 is 10.7. The van der Waals surface area contributed by atoms with Gasteiger partial charge in [-0.2, -0.15) is 0 Å². The number of nitrogens with zero attached hydrogens (tertiary/aromatic N) is 3. The van der Waals surface area contributed by atoms with E-state index in [9.17, 15) is 4.79 Å². The number of aromatic nitrogens is 3. The van der Waals surface area contributed by atoms with Crippen LogP contribution in [-0.4, -0.2) is 45.7 Å². The molecule has 1 atom stereocenters. The van der Waals surface area contributed by atoms with Crippen LogP contribution in [0.25, 0.3) is 0 Å². The van der Waals surface area contributed by atoms with E-state index in [1.54, 1.807) is 6.20 Å². The highest BCUT2D eigenvalue weighted by molar-refractivity contribution is 5.79. The molecule has 2 aromatic rings. The molecule has 22 heavy (non-hydrogen) atoms. The molecule has 1 fully saturated rings. The molecule has 1 saturated heterocycles. The van der Waals surface area contributed by atoms with Crippen LogP contribution in [0, 0.1) is 20.8 Å². The minimum Gasteiger partial charge on any atom is -0.377 e. The first-order valence-electron chi connectivity index (χ1n) is 7.36. The number of amides is 1. The Morgan fingerprint density at radius 1 is 1.45 bits per heavy atom. The number of ether oxygens (including phenoxy) is 1. The molecule has 1 aliphatic heterocycles. The molecule has 3 rings (SSSR count). The fraction of sp³-hybridized carbons (Fsp3) is 0.533. The van der Waals surface area contributed by atoms with E-state index in [0.29, 0.717) is 25.5 Å². The van der Waals surface area contributed by atoms with Crippen molar-refractivity contribution in [1.82, 2.24) is 20.0 Å². The summed E-state index contributed by atoms with van der Waals surface area (Å²) in [5, 5.41) is 3.91. The Morgan fingerprint density at radius 2 is 2.27 bits per heavy atom. The highest BCUT2D eigenvalue weighted by Crippen LogP contribution is 2.24. The molecular formula is C15H20N4O3. The van der Waals surface area contributed by atoms with Gasteiger partial charge >= 0.3 is 0 Å². The van der Waals surface area contributed by atoms with Crippen LogP contribution in [0.3, 0.4) is 0 Å². The van der Waals surface area contributed by atoms with Crippen molar-refractivity contribution in [3.05, 3.63) is 34.7 Å². The van der Waals surface area contributed by atoms with E-state index in [1.165, 1.54) is 0 Å². The maximum absolute atomic E-state index is 12.7. The molecule has 118 valence electrons. The maximum Gasteiger partial charge on any atom is 0.227 e. The predicted octanol–water partition coefficient (Wildman–Crippen LogP) is 1.47. The van der Waals surface area contributed by atoms with Crippen LogP contribution in [0.4, 0.5) is 0 Å². The van der Waals surface area contributed by atoms with Crippen LogP contribution in [-0.2, 0) is 16.0 Å². The summed E-state index contributed by atoms with van der Waals surface area (Å²) >= 11 is 0. The van der Waals surface area contributed by atoms with E-state index in [2.05, 4.69) is 15.1 Å². The molecule has 0 aliphatic carbocycles. The number of morpholine rings is 1. The monoisotopic (exact) mass is 304 g/mol. The van der Waals surface area contributed by atoms with Gasteiger partial charge in [0.1, 0.15) is 17.6 Å². The minimum absolute atomic E-state index is 0.0387. The number of hydrogen-bond donors (Lipinski definition) is 1. The van der Waals surface area contributed by atoms with Gasteiger partial charge < -0.3 is 19.1 Å². The summed E-state index contributed by atoms with van der Waals surface area (Å²) in [4.78, 5) is 22.1. The molecule has 2 aromatic heterocycles. The first-order chi connectivity index (χ1) is 10.6. The Bertz CT molecular complexity index is 657. The van der Waals surface area contributed by atoms with Crippen molar-refractivity contribution in [2.45, 2.75) is 33.2 Å². The Labute approximate surface area is 128 Å². The molecule has 1 N–H and O–H groups in total. The van der Waals surface area contributed by atoms with Crippen molar-refractivity contribution in [2.24, 2.45) is 0 Å². The number of hydrogen-bond acceptors (Lipinski definition) is 5. The fourth-order valence-corrected chi connectivity index (χ4v) is 2.74. The number of H-pyrrole nitrogens is 1. The molecule has 1 aliphatic rings.